The lowest BCUT2D eigenvalue weighted by molar-refractivity contribution is -0.137. The van der Waals surface area contributed by atoms with Crippen LogP contribution in [0, 0.1) is 0 Å². The van der Waals surface area contributed by atoms with E-state index in [1.165, 1.54) is 0 Å². The van der Waals surface area contributed by atoms with Crippen molar-refractivity contribution in [2.24, 2.45) is 0 Å². The second-order valence-electron chi connectivity index (χ2n) is 5.90. The second kappa shape index (κ2) is 8.83. The van der Waals surface area contributed by atoms with Gasteiger partial charge in [-0.1, -0.05) is 11.6 Å². The first-order valence-corrected chi connectivity index (χ1v) is 8.77. The zero-order valence-corrected chi connectivity index (χ0v) is 15.6. The van der Waals surface area contributed by atoms with Crippen molar-refractivity contribution in [2.45, 2.75) is 6.18 Å². The number of hydrogen-bond acceptors (Lipinski definition) is 4. The van der Waals surface area contributed by atoms with Crippen molar-refractivity contribution in [3.05, 3.63) is 77.6 Å². The molecule has 0 spiro atoms. The fourth-order valence-electron chi connectivity index (χ4n) is 2.36. The van der Waals surface area contributed by atoms with Gasteiger partial charge in [-0.05, 0) is 54.6 Å². The summed E-state index contributed by atoms with van der Waals surface area (Å²) < 4.78 is 44.0. The van der Waals surface area contributed by atoms with Crippen LogP contribution >= 0.6 is 11.6 Å². The number of ether oxygens (including phenoxy) is 1. The van der Waals surface area contributed by atoms with Crippen LogP contribution in [0.25, 0.3) is 0 Å². The first kappa shape index (κ1) is 20.5. The summed E-state index contributed by atoms with van der Waals surface area (Å²) in [5, 5.41) is 5.27. The maximum atomic E-state index is 12.8. The number of anilines is 2. The van der Waals surface area contributed by atoms with Crippen LogP contribution in [0.3, 0.4) is 0 Å². The Hall–Kier alpha value is -3.26. The number of benzene rings is 2. The number of pyridine rings is 1. The van der Waals surface area contributed by atoms with Crippen molar-refractivity contribution in [1.82, 2.24) is 4.98 Å². The Kier molecular flexibility index (Phi) is 6.23. The Morgan fingerprint density at radius 3 is 2.31 bits per heavy atom. The van der Waals surface area contributed by atoms with E-state index in [0.717, 1.165) is 18.2 Å². The van der Waals surface area contributed by atoms with Gasteiger partial charge in [0.2, 0.25) is 5.91 Å². The summed E-state index contributed by atoms with van der Waals surface area (Å²) >= 11 is 5.87. The van der Waals surface area contributed by atoms with E-state index in [1.807, 2.05) is 0 Å². The minimum Gasteiger partial charge on any atom is -0.457 e. The standard InChI is InChI=1S/C20H15ClF3N3O2/c21-17-6-1-13(20(22,23)24)11-18(17)27-19(28)12-26-14-2-4-15(5-3-14)29-16-7-9-25-10-8-16/h1-11,26H,12H2,(H,27,28). The van der Waals surface area contributed by atoms with Gasteiger partial charge in [-0.2, -0.15) is 13.2 Å². The third-order valence-corrected chi connectivity index (χ3v) is 4.09. The molecule has 0 aliphatic heterocycles. The van der Waals surface area contributed by atoms with Crippen molar-refractivity contribution < 1.29 is 22.7 Å². The fourth-order valence-corrected chi connectivity index (χ4v) is 2.52. The molecule has 5 nitrogen and oxygen atoms in total. The second-order valence-corrected chi connectivity index (χ2v) is 6.31. The molecule has 29 heavy (non-hydrogen) atoms. The highest BCUT2D eigenvalue weighted by Crippen LogP contribution is 2.33. The van der Waals surface area contributed by atoms with Gasteiger partial charge < -0.3 is 15.4 Å². The summed E-state index contributed by atoms with van der Waals surface area (Å²) in [4.78, 5) is 16.0. The molecule has 0 saturated heterocycles. The van der Waals surface area contributed by atoms with Gasteiger partial charge in [0.1, 0.15) is 11.5 Å². The molecule has 3 aromatic rings. The number of carbonyl (C=O) groups is 1. The van der Waals surface area contributed by atoms with Gasteiger partial charge >= 0.3 is 6.18 Å². The van der Waals surface area contributed by atoms with Crippen LogP contribution in [0.15, 0.2) is 67.0 Å². The van der Waals surface area contributed by atoms with Crippen LogP contribution in [0.1, 0.15) is 5.56 Å². The van der Waals surface area contributed by atoms with E-state index >= 15 is 0 Å². The van der Waals surface area contributed by atoms with Crippen molar-refractivity contribution in [1.29, 1.82) is 0 Å². The normalized spacial score (nSPS) is 11.0. The maximum Gasteiger partial charge on any atom is 0.416 e. The number of amides is 1. The summed E-state index contributed by atoms with van der Waals surface area (Å²) in [7, 11) is 0. The number of hydrogen-bond donors (Lipinski definition) is 2. The number of aromatic nitrogens is 1. The molecule has 2 aromatic carbocycles. The van der Waals surface area contributed by atoms with Crippen molar-refractivity contribution >= 4 is 28.9 Å². The van der Waals surface area contributed by atoms with Gasteiger partial charge in [-0.3, -0.25) is 9.78 Å². The van der Waals surface area contributed by atoms with Crippen LogP contribution in [-0.4, -0.2) is 17.4 Å². The Morgan fingerprint density at radius 1 is 1.00 bits per heavy atom. The topological polar surface area (TPSA) is 63.2 Å². The first-order chi connectivity index (χ1) is 13.8. The predicted molar refractivity (Wildman–Crippen MR) is 104 cm³/mol. The van der Waals surface area contributed by atoms with Gasteiger partial charge in [-0.25, -0.2) is 0 Å². The number of nitrogens with zero attached hydrogens (tertiary/aromatic N) is 1. The molecular weight excluding hydrogens is 407 g/mol. The van der Waals surface area contributed by atoms with Gasteiger partial charge in [0.05, 0.1) is 22.8 Å². The van der Waals surface area contributed by atoms with Gasteiger partial charge in [0, 0.05) is 18.1 Å². The molecule has 0 fully saturated rings. The minimum atomic E-state index is -4.53. The molecule has 0 aliphatic rings. The SMILES string of the molecule is O=C(CNc1ccc(Oc2ccncc2)cc1)Nc1cc(C(F)(F)F)ccc1Cl. The molecule has 1 amide bonds. The average Bonchev–Trinajstić information content (AvgIpc) is 2.69. The molecule has 0 bridgehead atoms. The Labute approximate surface area is 169 Å². The van der Waals surface area contributed by atoms with Crippen LogP contribution in [0.2, 0.25) is 5.02 Å². The first-order valence-electron chi connectivity index (χ1n) is 8.40. The van der Waals surface area contributed by atoms with Crippen LogP contribution in [0.4, 0.5) is 24.5 Å². The number of rotatable bonds is 6. The van der Waals surface area contributed by atoms with E-state index in [0.29, 0.717) is 17.2 Å². The summed E-state index contributed by atoms with van der Waals surface area (Å²) in [6.45, 7) is -0.156. The van der Waals surface area contributed by atoms with E-state index in [-0.39, 0.29) is 17.3 Å². The van der Waals surface area contributed by atoms with Crippen molar-refractivity contribution in [2.75, 3.05) is 17.2 Å². The fraction of sp³-hybridized carbons (Fsp3) is 0.100. The molecule has 0 aliphatic carbocycles. The molecule has 1 heterocycles. The summed E-state index contributed by atoms with van der Waals surface area (Å²) in [5.74, 6) is 0.698. The van der Waals surface area contributed by atoms with E-state index in [2.05, 4.69) is 15.6 Å². The summed E-state index contributed by atoms with van der Waals surface area (Å²) in [5.41, 5.74) is -0.360. The Morgan fingerprint density at radius 2 is 1.66 bits per heavy atom. The molecule has 150 valence electrons. The molecule has 0 radical (unpaired) electrons. The monoisotopic (exact) mass is 421 g/mol. The smallest absolute Gasteiger partial charge is 0.416 e. The van der Waals surface area contributed by atoms with Gasteiger partial charge in [0.15, 0.2) is 0 Å². The number of alkyl halides is 3. The van der Waals surface area contributed by atoms with Crippen molar-refractivity contribution in [3.63, 3.8) is 0 Å². The van der Waals surface area contributed by atoms with E-state index in [4.69, 9.17) is 16.3 Å². The lowest BCUT2D eigenvalue weighted by atomic mass is 10.2. The largest absolute Gasteiger partial charge is 0.457 e. The highest BCUT2D eigenvalue weighted by molar-refractivity contribution is 6.33. The lowest BCUT2D eigenvalue weighted by Crippen LogP contribution is -2.22. The number of carbonyl (C=O) groups excluding carboxylic acids is 1. The summed E-state index contributed by atoms with van der Waals surface area (Å²) in [6.07, 6.45) is -1.30. The molecule has 3 rings (SSSR count). The number of halogens is 4. The molecule has 2 N–H and O–H groups in total. The van der Waals surface area contributed by atoms with Gasteiger partial charge in [-0.15, -0.1) is 0 Å². The molecule has 0 unspecified atom stereocenters. The van der Waals surface area contributed by atoms with E-state index < -0.39 is 17.6 Å². The zero-order chi connectivity index (χ0) is 20.9. The third kappa shape index (κ3) is 5.86. The maximum absolute atomic E-state index is 12.8. The van der Waals surface area contributed by atoms with Gasteiger partial charge in [0.25, 0.3) is 0 Å². The summed E-state index contributed by atoms with van der Waals surface area (Å²) in [6, 6.07) is 13.0. The molecule has 0 saturated carbocycles. The zero-order valence-electron chi connectivity index (χ0n) is 14.8. The minimum absolute atomic E-state index is 0.0176. The Bertz CT molecular complexity index is 981. The van der Waals surface area contributed by atoms with Crippen LogP contribution < -0.4 is 15.4 Å². The third-order valence-electron chi connectivity index (χ3n) is 3.76. The van der Waals surface area contributed by atoms with E-state index in [9.17, 15) is 18.0 Å². The lowest BCUT2D eigenvalue weighted by Gasteiger charge is -2.12. The molecule has 1 aromatic heterocycles. The highest BCUT2D eigenvalue weighted by atomic mass is 35.5. The molecule has 9 heteroatoms. The predicted octanol–water partition coefficient (Wildman–Crippen LogP) is 5.60. The van der Waals surface area contributed by atoms with E-state index in [1.54, 1.807) is 48.8 Å². The number of nitrogens with one attached hydrogen (secondary N) is 2. The highest BCUT2D eigenvalue weighted by Gasteiger charge is 2.31. The molecule has 0 atom stereocenters. The molecular formula is C20H15ClF3N3O2. The Balaban J connectivity index is 1.56. The van der Waals surface area contributed by atoms with Crippen molar-refractivity contribution in [3.8, 4) is 11.5 Å². The average molecular weight is 422 g/mol. The van der Waals surface area contributed by atoms with Crippen LogP contribution in [0.5, 0.6) is 11.5 Å². The quantitative estimate of drug-likeness (QED) is 0.544. The van der Waals surface area contributed by atoms with Crippen LogP contribution in [-0.2, 0) is 11.0 Å².